The van der Waals surface area contributed by atoms with Crippen LogP contribution in [0.2, 0.25) is 0 Å². The van der Waals surface area contributed by atoms with E-state index in [0.29, 0.717) is 5.84 Å². The monoisotopic (exact) mass is 642 g/mol. The molecule has 0 bridgehead atoms. The smallest absolute Gasteiger partial charge is 0.159 e. The molecule has 10 rings (SSSR count). The van der Waals surface area contributed by atoms with Gasteiger partial charge in [0.25, 0.3) is 0 Å². The average molecular weight is 643 g/mol. The SMILES string of the molecule is c1ccc(C2=NC(c3ccccc3)NC(c3cc(-n4c5ccccc5c5ccc(-c6ccccc6)cc54)c4c(c3)oc3ccccc34)=N2)cc1. The van der Waals surface area contributed by atoms with Gasteiger partial charge in [0.15, 0.2) is 5.84 Å². The van der Waals surface area contributed by atoms with E-state index in [9.17, 15) is 0 Å². The van der Waals surface area contributed by atoms with Crippen molar-refractivity contribution in [3.63, 3.8) is 0 Å². The third-order valence-corrected chi connectivity index (χ3v) is 9.64. The number of amidine groups is 2. The molecule has 0 saturated carbocycles. The Balaban J connectivity index is 1.26. The molecular weight excluding hydrogens is 613 g/mol. The molecule has 1 aliphatic heterocycles. The van der Waals surface area contributed by atoms with Crippen molar-refractivity contribution >= 4 is 55.4 Å². The van der Waals surface area contributed by atoms with Crippen LogP contribution in [0.15, 0.2) is 184 Å². The molecule has 236 valence electrons. The number of para-hydroxylation sites is 2. The summed E-state index contributed by atoms with van der Waals surface area (Å²) >= 11 is 0. The van der Waals surface area contributed by atoms with Crippen molar-refractivity contribution in [1.82, 2.24) is 9.88 Å². The Kier molecular flexibility index (Phi) is 6.49. The summed E-state index contributed by atoms with van der Waals surface area (Å²) in [4.78, 5) is 10.2. The number of nitrogens with one attached hydrogen (secondary N) is 1. The van der Waals surface area contributed by atoms with E-state index in [2.05, 4.69) is 131 Å². The lowest BCUT2D eigenvalue weighted by atomic mass is 10.0. The lowest BCUT2D eigenvalue weighted by Crippen LogP contribution is -2.33. The summed E-state index contributed by atoms with van der Waals surface area (Å²) in [7, 11) is 0. The van der Waals surface area contributed by atoms with Crippen molar-refractivity contribution in [3.05, 3.63) is 187 Å². The molecule has 1 N–H and O–H groups in total. The summed E-state index contributed by atoms with van der Waals surface area (Å²) < 4.78 is 9.03. The van der Waals surface area contributed by atoms with E-state index >= 15 is 0 Å². The second-order valence-electron chi connectivity index (χ2n) is 12.7. The van der Waals surface area contributed by atoms with Crippen LogP contribution in [-0.2, 0) is 0 Å². The molecule has 1 aliphatic rings. The predicted octanol–water partition coefficient (Wildman–Crippen LogP) is 10.8. The first-order valence-corrected chi connectivity index (χ1v) is 16.9. The Labute approximate surface area is 288 Å². The molecule has 5 heteroatoms. The van der Waals surface area contributed by atoms with E-state index in [1.165, 1.54) is 21.9 Å². The van der Waals surface area contributed by atoms with Crippen LogP contribution >= 0.6 is 0 Å². The molecule has 0 aliphatic carbocycles. The van der Waals surface area contributed by atoms with Crippen LogP contribution in [0.1, 0.15) is 22.9 Å². The third-order valence-electron chi connectivity index (χ3n) is 9.64. The van der Waals surface area contributed by atoms with E-state index in [4.69, 9.17) is 14.4 Å². The van der Waals surface area contributed by atoms with E-state index in [0.717, 1.165) is 61.2 Å². The van der Waals surface area contributed by atoms with Gasteiger partial charge in [-0.25, -0.2) is 9.98 Å². The van der Waals surface area contributed by atoms with E-state index in [-0.39, 0.29) is 6.17 Å². The van der Waals surface area contributed by atoms with Crippen LogP contribution in [0.25, 0.3) is 60.6 Å². The molecule has 50 heavy (non-hydrogen) atoms. The fourth-order valence-electron chi connectivity index (χ4n) is 7.30. The maximum absolute atomic E-state index is 6.64. The summed E-state index contributed by atoms with van der Waals surface area (Å²) in [5.41, 5.74) is 10.2. The van der Waals surface area contributed by atoms with Gasteiger partial charge in [0.1, 0.15) is 23.2 Å². The first-order valence-electron chi connectivity index (χ1n) is 16.9. The Morgan fingerprint density at radius 3 is 1.96 bits per heavy atom. The summed E-state index contributed by atoms with van der Waals surface area (Å²) in [6.07, 6.45) is -0.310. The molecule has 3 heterocycles. The van der Waals surface area contributed by atoms with Gasteiger partial charge in [-0.3, -0.25) is 0 Å². The highest BCUT2D eigenvalue weighted by Gasteiger charge is 2.25. The number of fused-ring (bicyclic) bond motifs is 6. The third kappa shape index (κ3) is 4.63. The first-order chi connectivity index (χ1) is 24.8. The van der Waals surface area contributed by atoms with Gasteiger partial charge in [-0.05, 0) is 47.0 Å². The lowest BCUT2D eigenvalue weighted by Gasteiger charge is -2.24. The van der Waals surface area contributed by atoms with Crippen molar-refractivity contribution < 1.29 is 4.42 Å². The molecule has 0 fully saturated rings. The molecule has 0 spiro atoms. The first kappa shape index (κ1) is 28.3. The van der Waals surface area contributed by atoms with Gasteiger partial charge in [-0.2, -0.15) is 0 Å². The zero-order chi connectivity index (χ0) is 33.0. The fourth-order valence-corrected chi connectivity index (χ4v) is 7.30. The molecule has 2 aromatic heterocycles. The van der Waals surface area contributed by atoms with E-state index in [1.807, 2.05) is 48.5 Å². The quantitative estimate of drug-likeness (QED) is 0.203. The summed E-state index contributed by atoms with van der Waals surface area (Å²) in [6, 6.07) is 59.2. The second kappa shape index (κ2) is 11.5. The van der Waals surface area contributed by atoms with Crippen molar-refractivity contribution in [2.75, 3.05) is 0 Å². The molecule has 5 nitrogen and oxygen atoms in total. The number of nitrogens with zero attached hydrogens (tertiary/aromatic N) is 3. The van der Waals surface area contributed by atoms with Crippen LogP contribution in [0.4, 0.5) is 0 Å². The van der Waals surface area contributed by atoms with Crippen molar-refractivity contribution in [1.29, 1.82) is 0 Å². The Morgan fingerprint density at radius 1 is 0.500 bits per heavy atom. The number of rotatable bonds is 5. The molecule has 0 radical (unpaired) electrons. The zero-order valence-corrected chi connectivity index (χ0v) is 27.0. The molecule has 0 saturated heterocycles. The van der Waals surface area contributed by atoms with Crippen LogP contribution < -0.4 is 5.32 Å². The summed E-state index contributed by atoms with van der Waals surface area (Å²) in [6.45, 7) is 0. The average Bonchev–Trinajstić information content (AvgIpc) is 3.74. The number of hydrogen-bond acceptors (Lipinski definition) is 4. The van der Waals surface area contributed by atoms with Gasteiger partial charge in [0, 0.05) is 27.3 Å². The number of aliphatic imine (C=N–C) groups is 2. The molecule has 1 unspecified atom stereocenters. The molecule has 9 aromatic rings. The van der Waals surface area contributed by atoms with Crippen LogP contribution in [0, 0.1) is 0 Å². The van der Waals surface area contributed by atoms with E-state index in [1.54, 1.807) is 0 Å². The summed E-state index contributed by atoms with van der Waals surface area (Å²) in [5, 5.41) is 8.20. The highest BCUT2D eigenvalue weighted by molar-refractivity contribution is 6.18. The standard InChI is InChI=1S/C45H30N4O/c1-4-14-29(15-5-1)32-24-25-35-34-20-10-12-22-37(34)49(38(35)26-32)39-27-33(28-41-42(39)36-21-11-13-23-40(36)50-41)45-47-43(30-16-6-2-7-17-30)46-44(48-45)31-18-8-3-9-19-31/h1-28,43H,(H,46,47,48). The number of benzene rings is 7. The largest absolute Gasteiger partial charge is 0.456 e. The normalized spacial score (nSPS) is 14.6. The van der Waals surface area contributed by atoms with Crippen molar-refractivity contribution in [2.45, 2.75) is 6.17 Å². The Bertz CT molecular complexity index is 2780. The minimum Gasteiger partial charge on any atom is -0.456 e. The van der Waals surface area contributed by atoms with Crippen LogP contribution in [-0.4, -0.2) is 16.2 Å². The Morgan fingerprint density at radius 2 is 1.16 bits per heavy atom. The second-order valence-corrected chi connectivity index (χ2v) is 12.7. The van der Waals surface area contributed by atoms with Gasteiger partial charge in [0.2, 0.25) is 0 Å². The number of aromatic nitrogens is 1. The van der Waals surface area contributed by atoms with Crippen LogP contribution in [0.3, 0.4) is 0 Å². The lowest BCUT2D eigenvalue weighted by molar-refractivity contribution is 0.666. The van der Waals surface area contributed by atoms with Crippen LogP contribution in [0.5, 0.6) is 0 Å². The van der Waals surface area contributed by atoms with Gasteiger partial charge < -0.3 is 14.3 Å². The van der Waals surface area contributed by atoms with Crippen molar-refractivity contribution in [2.24, 2.45) is 9.98 Å². The maximum Gasteiger partial charge on any atom is 0.159 e. The highest BCUT2D eigenvalue weighted by Crippen LogP contribution is 2.40. The minimum absolute atomic E-state index is 0.310. The predicted molar refractivity (Wildman–Crippen MR) is 205 cm³/mol. The number of furan rings is 1. The van der Waals surface area contributed by atoms with E-state index < -0.39 is 0 Å². The zero-order valence-electron chi connectivity index (χ0n) is 27.0. The number of hydrogen-bond donors (Lipinski definition) is 1. The van der Waals surface area contributed by atoms with Crippen molar-refractivity contribution in [3.8, 4) is 16.8 Å². The highest BCUT2D eigenvalue weighted by atomic mass is 16.3. The molecular formula is C45H30N4O. The summed E-state index contributed by atoms with van der Waals surface area (Å²) in [5.74, 6) is 1.42. The van der Waals surface area contributed by atoms with Gasteiger partial charge >= 0.3 is 0 Å². The molecule has 0 amide bonds. The van der Waals surface area contributed by atoms with Gasteiger partial charge in [-0.15, -0.1) is 0 Å². The maximum atomic E-state index is 6.64. The fraction of sp³-hybridized carbons (Fsp3) is 0.0222. The van der Waals surface area contributed by atoms with Gasteiger partial charge in [-0.1, -0.05) is 140 Å². The van der Waals surface area contributed by atoms with Gasteiger partial charge in [0.05, 0.1) is 22.1 Å². The topological polar surface area (TPSA) is 54.8 Å². The Hall–Kier alpha value is -6.72. The molecule has 1 atom stereocenters. The molecule has 7 aromatic carbocycles. The minimum atomic E-state index is -0.310.